The Kier molecular flexibility index (Phi) is 8.31. The molecule has 7 heteroatoms. The van der Waals surface area contributed by atoms with Gasteiger partial charge in [-0.05, 0) is 73.8 Å². The largest absolute Gasteiger partial charge is 0.394 e. The summed E-state index contributed by atoms with van der Waals surface area (Å²) in [4.78, 5) is 19.2. The minimum atomic E-state index is -1.42. The van der Waals surface area contributed by atoms with Crippen LogP contribution in [0.25, 0.3) is 0 Å². The number of aryl methyl sites for hydroxylation is 1. The summed E-state index contributed by atoms with van der Waals surface area (Å²) in [7, 11) is -1.42. The first kappa shape index (κ1) is 26.2. The van der Waals surface area contributed by atoms with Gasteiger partial charge in [-0.1, -0.05) is 39.0 Å². The molecule has 2 aromatic carbocycles. The summed E-state index contributed by atoms with van der Waals surface area (Å²) < 4.78 is 0. The van der Waals surface area contributed by atoms with Crippen molar-refractivity contribution in [2.75, 3.05) is 12.9 Å². The van der Waals surface area contributed by atoms with Crippen LogP contribution in [0.3, 0.4) is 0 Å². The van der Waals surface area contributed by atoms with Gasteiger partial charge in [-0.25, -0.2) is 0 Å². The SMILES string of the molecule is CCC(C)C(=Nc1cc(C(=O)NC(CO)c2ccc(S(C)(S)S)cc2)ccc1C)C1(C)CC1. The molecular weight excluding hydrogens is 468 g/mol. The molecule has 1 saturated carbocycles. The molecule has 0 saturated heterocycles. The lowest BCUT2D eigenvalue weighted by Gasteiger charge is -2.24. The smallest absolute Gasteiger partial charge is 0.251 e. The number of nitrogens with one attached hydrogen (secondary N) is 1. The molecule has 0 spiro atoms. The molecule has 2 atom stereocenters. The molecule has 1 fully saturated rings. The maximum Gasteiger partial charge on any atom is 0.251 e. The van der Waals surface area contributed by atoms with E-state index in [1.807, 2.05) is 55.6 Å². The van der Waals surface area contributed by atoms with E-state index >= 15 is 0 Å². The van der Waals surface area contributed by atoms with Crippen LogP contribution in [0.2, 0.25) is 0 Å². The van der Waals surface area contributed by atoms with E-state index in [1.54, 1.807) is 0 Å². The molecule has 0 radical (unpaired) electrons. The number of aliphatic hydroxyl groups excluding tert-OH is 1. The quantitative estimate of drug-likeness (QED) is 0.171. The normalized spacial score (nSPS) is 17.9. The Morgan fingerprint density at radius 3 is 2.36 bits per heavy atom. The third-order valence-corrected chi connectivity index (χ3v) is 9.06. The minimum Gasteiger partial charge on any atom is -0.394 e. The number of carbonyl (C=O) groups is 1. The third-order valence-electron chi connectivity index (χ3n) is 6.63. The molecule has 4 nitrogen and oxygen atoms in total. The van der Waals surface area contributed by atoms with E-state index in [-0.39, 0.29) is 17.9 Å². The molecule has 0 bridgehead atoms. The van der Waals surface area contributed by atoms with Gasteiger partial charge < -0.3 is 10.4 Å². The van der Waals surface area contributed by atoms with E-state index in [0.717, 1.165) is 28.1 Å². The standard InChI is InChI=1S/C26H36N2O2S3/c1-6-17(2)24(26(4)13-14-26)27-22-15-20(8-7-18(22)3)25(30)28-23(16-29)19-9-11-21(12-10-19)33(5,31)32/h7-12,15,17,23,29,31-32H,6,13-14,16H2,1-5H3,(H,28,30). The number of thiol groups is 2. The van der Waals surface area contributed by atoms with E-state index in [0.29, 0.717) is 11.5 Å². The van der Waals surface area contributed by atoms with Crippen molar-refractivity contribution in [2.24, 2.45) is 16.3 Å². The molecule has 3 rings (SSSR count). The van der Waals surface area contributed by atoms with E-state index in [2.05, 4.69) is 49.4 Å². The van der Waals surface area contributed by atoms with Gasteiger partial charge in [0.05, 0.1) is 18.3 Å². The molecule has 2 N–H and O–H groups in total. The molecule has 1 aliphatic rings. The van der Waals surface area contributed by atoms with Crippen LogP contribution in [0.5, 0.6) is 0 Å². The second-order valence-electron chi connectivity index (χ2n) is 9.48. The Morgan fingerprint density at radius 2 is 1.85 bits per heavy atom. The lowest BCUT2D eigenvalue weighted by molar-refractivity contribution is 0.0916. The van der Waals surface area contributed by atoms with Gasteiger partial charge in [0.15, 0.2) is 0 Å². The van der Waals surface area contributed by atoms with Gasteiger partial charge in [-0.3, -0.25) is 9.79 Å². The average Bonchev–Trinajstić information content (AvgIpc) is 3.53. The van der Waals surface area contributed by atoms with Crippen LogP contribution in [0.1, 0.15) is 67.6 Å². The molecule has 33 heavy (non-hydrogen) atoms. The first-order chi connectivity index (χ1) is 15.5. The lowest BCUT2D eigenvalue weighted by atomic mass is 9.89. The zero-order valence-electron chi connectivity index (χ0n) is 20.1. The maximum absolute atomic E-state index is 13.1. The Bertz CT molecular complexity index is 1020. The Morgan fingerprint density at radius 1 is 1.21 bits per heavy atom. The number of aliphatic hydroxyl groups is 1. The summed E-state index contributed by atoms with van der Waals surface area (Å²) in [5.41, 5.74) is 4.70. The molecule has 2 unspecified atom stereocenters. The van der Waals surface area contributed by atoms with E-state index < -0.39 is 14.1 Å². The van der Waals surface area contributed by atoms with Crippen molar-refractivity contribution in [2.45, 2.75) is 57.9 Å². The highest BCUT2D eigenvalue weighted by atomic mass is 33.5. The number of hydrogen-bond acceptors (Lipinski definition) is 5. The molecule has 0 heterocycles. The Balaban J connectivity index is 1.83. The second kappa shape index (κ2) is 10.5. The van der Waals surface area contributed by atoms with Crippen molar-refractivity contribution in [3.05, 3.63) is 59.2 Å². The highest BCUT2D eigenvalue weighted by Crippen LogP contribution is 2.60. The summed E-state index contributed by atoms with van der Waals surface area (Å²) in [6.45, 7) is 8.55. The first-order valence-electron chi connectivity index (χ1n) is 11.4. The van der Waals surface area contributed by atoms with Crippen LogP contribution in [0.15, 0.2) is 52.4 Å². The summed E-state index contributed by atoms with van der Waals surface area (Å²) >= 11 is 9.11. The zero-order valence-corrected chi connectivity index (χ0v) is 22.7. The monoisotopic (exact) mass is 504 g/mol. The van der Waals surface area contributed by atoms with Gasteiger partial charge in [0.1, 0.15) is 0 Å². The van der Waals surface area contributed by atoms with Gasteiger partial charge in [0, 0.05) is 21.6 Å². The van der Waals surface area contributed by atoms with Crippen molar-refractivity contribution in [3.8, 4) is 0 Å². The summed E-state index contributed by atoms with van der Waals surface area (Å²) in [6.07, 6.45) is 5.37. The van der Waals surface area contributed by atoms with Gasteiger partial charge >= 0.3 is 0 Å². The zero-order chi connectivity index (χ0) is 24.4. The third kappa shape index (κ3) is 6.38. The fourth-order valence-electron chi connectivity index (χ4n) is 3.91. The number of carbonyl (C=O) groups excluding carboxylic acids is 1. The van der Waals surface area contributed by atoms with Gasteiger partial charge in [0.2, 0.25) is 0 Å². The molecule has 1 aliphatic carbocycles. The fraction of sp³-hybridized carbons (Fsp3) is 0.462. The van der Waals surface area contributed by atoms with E-state index in [9.17, 15) is 9.90 Å². The molecule has 0 aromatic heterocycles. The van der Waals surface area contributed by atoms with E-state index in [1.165, 1.54) is 18.6 Å². The lowest BCUT2D eigenvalue weighted by Crippen LogP contribution is -2.30. The Labute approximate surface area is 209 Å². The van der Waals surface area contributed by atoms with Crippen LogP contribution >= 0.6 is 31.4 Å². The highest BCUT2D eigenvalue weighted by molar-refractivity contribution is 9.17. The number of aliphatic imine (C=N–C) groups is 1. The first-order valence-corrected chi connectivity index (χ1v) is 15.6. The molecule has 180 valence electrons. The second-order valence-corrected chi connectivity index (χ2v) is 16.9. The van der Waals surface area contributed by atoms with Gasteiger partial charge in [-0.2, -0.15) is 0 Å². The molecule has 2 aromatic rings. The molecule has 1 amide bonds. The van der Waals surface area contributed by atoms with Gasteiger partial charge in [-0.15, -0.1) is 31.4 Å². The van der Waals surface area contributed by atoms with E-state index in [4.69, 9.17) is 4.99 Å². The van der Waals surface area contributed by atoms with Crippen molar-refractivity contribution >= 4 is 48.7 Å². The van der Waals surface area contributed by atoms with Crippen molar-refractivity contribution in [1.29, 1.82) is 0 Å². The van der Waals surface area contributed by atoms with Crippen molar-refractivity contribution in [1.82, 2.24) is 5.32 Å². The van der Waals surface area contributed by atoms with Crippen LogP contribution in [-0.2, 0) is 0 Å². The van der Waals surface area contributed by atoms with Crippen molar-refractivity contribution < 1.29 is 9.90 Å². The predicted molar refractivity (Wildman–Crippen MR) is 149 cm³/mol. The van der Waals surface area contributed by atoms with Crippen LogP contribution in [0.4, 0.5) is 5.69 Å². The van der Waals surface area contributed by atoms with Crippen molar-refractivity contribution in [3.63, 3.8) is 0 Å². The van der Waals surface area contributed by atoms with Crippen LogP contribution in [0, 0.1) is 18.3 Å². The molecule has 0 aliphatic heterocycles. The average molecular weight is 505 g/mol. The number of hydrogen-bond donors (Lipinski definition) is 4. The van der Waals surface area contributed by atoms with Crippen LogP contribution < -0.4 is 5.32 Å². The van der Waals surface area contributed by atoms with Crippen LogP contribution in [-0.4, -0.2) is 29.6 Å². The number of amides is 1. The summed E-state index contributed by atoms with van der Waals surface area (Å²) in [5.74, 6) is 0.186. The predicted octanol–water partition coefficient (Wildman–Crippen LogP) is 6.86. The Hall–Kier alpha value is -1.41. The number of benzene rings is 2. The topological polar surface area (TPSA) is 61.7 Å². The fourth-order valence-corrected chi connectivity index (χ4v) is 5.29. The number of nitrogens with zero attached hydrogens (tertiary/aromatic N) is 1. The highest BCUT2D eigenvalue weighted by Gasteiger charge is 2.43. The van der Waals surface area contributed by atoms with Gasteiger partial charge in [0.25, 0.3) is 5.91 Å². The summed E-state index contributed by atoms with van der Waals surface area (Å²) in [5, 5.41) is 12.9. The molecular formula is C26H36N2O2S3. The minimum absolute atomic E-state index is 0.187. The maximum atomic E-state index is 13.1. The summed E-state index contributed by atoms with van der Waals surface area (Å²) in [6, 6.07) is 12.9. The number of rotatable bonds is 9.